The van der Waals surface area contributed by atoms with Crippen LogP contribution in [-0.2, 0) is 6.54 Å². The van der Waals surface area contributed by atoms with E-state index in [-0.39, 0.29) is 11.3 Å². The number of hydrogen-bond acceptors (Lipinski definition) is 5. The molecule has 4 heterocycles. The number of carbonyl (C=O) groups is 1. The van der Waals surface area contributed by atoms with Crippen LogP contribution < -0.4 is 0 Å². The average Bonchev–Trinajstić information content (AvgIpc) is 3.31. The number of nitrogens with zero attached hydrogens (tertiary/aromatic N) is 4. The van der Waals surface area contributed by atoms with E-state index in [1.165, 1.54) is 23.3 Å². The zero-order valence-corrected chi connectivity index (χ0v) is 13.8. The Morgan fingerprint density at radius 3 is 3.00 bits per heavy atom. The van der Waals surface area contributed by atoms with Crippen molar-refractivity contribution in [3.63, 3.8) is 0 Å². The minimum absolute atomic E-state index is 0.0915. The van der Waals surface area contributed by atoms with Crippen LogP contribution in [0.5, 0.6) is 0 Å². The Morgan fingerprint density at radius 2 is 2.22 bits per heavy atom. The largest absolute Gasteiger partial charge is 0.337 e. The van der Waals surface area contributed by atoms with Crippen LogP contribution >= 0.6 is 11.3 Å². The number of hydrogen-bond donors (Lipinski definition) is 0. The third-order valence-electron chi connectivity index (χ3n) is 5.02. The lowest BCUT2D eigenvalue weighted by Crippen LogP contribution is -2.34. The van der Waals surface area contributed by atoms with Gasteiger partial charge in [-0.3, -0.25) is 14.7 Å². The molecule has 2 aliphatic rings. The molecule has 23 heavy (non-hydrogen) atoms. The summed E-state index contributed by atoms with van der Waals surface area (Å²) in [5.41, 5.74) is 3.85. The molecule has 120 valence electrons. The molecule has 1 amide bonds. The monoisotopic (exact) mass is 328 g/mol. The van der Waals surface area contributed by atoms with Crippen LogP contribution in [0.15, 0.2) is 35.4 Å². The standard InChI is InChI=1S/C17H20N4OS/c22-16(15-10-23-13-19-15)21-7-4-17(12-21)3-6-20(11-17)9-14-2-1-5-18-8-14/h1-2,5,8,10,13H,3-4,6-7,9,11-12H2/t17-/m0/s1. The van der Waals surface area contributed by atoms with Crippen molar-refractivity contribution in [2.45, 2.75) is 19.4 Å². The van der Waals surface area contributed by atoms with Crippen LogP contribution in [-0.4, -0.2) is 51.9 Å². The van der Waals surface area contributed by atoms with Gasteiger partial charge in [-0.2, -0.15) is 0 Å². The Labute approximate surface area is 140 Å². The molecule has 2 aromatic heterocycles. The maximum Gasteiger partial charge on any atom is 0.273 e. The number of amides is 1. The summed E-state index contributed by atoms with van der Waals surface area (Å²) in [6.45, 7) is 4.86. The Kier molecular flexibility index (Phi) is 3.87. The minimum atomic E-state index is 0.0915. The van der Waals surface area contributed by atoms with E-state index in [1.54, 1.807) is 5.51 Å². The predicted octanol–water partition coefficient (Wildman–Crippen LogP) is 2.28. The zero-order chi connectivity index (χ0) is 15.7. The lowest BCUT2D eigenvalue weighted by molar-refractivity contribution is 0.0768. The van der Waals surface area contributed by atoms with Gasteiger partial charge in [0.25, 0.3) is 5.91 Å². The van der Waals surface area contributed by atoms with E-state index in [0.29, 0.717) is 5.69 Å². The normalized spacial score (nSPS) is 24.6. The minimum Gasteiger partial charge on any atom is -0.337 e. The van der Waals surface area contributed by atoms with E-state index in [0.717, 1.165) is 39.1 Å². The number of pyridine rings is 1. The first-order valence-electron chi connectivity index (χ1n) is 8.03. The molecule has 0 bridgehead atoms. The van der Waals surface area contributed by atoms with Crippen LogP contribution in [0.2, 0.25) is 0 Å². The van der Waals surface area contributed by atoms with Crippen LogP contribution in [0.3, 0.4) is 0 Å². The topological polar surface area (TPSA) is 49.3 Å². The van der Waals surface area contributed by atoms with Crippen molar-refractivity contribution in [3.8, 4) is 0 Å². The summed E-state index contributed by atoms with van der Waals surface area (Å²) >= 11 is 1.48. The third-order valence-corrected chi connectivity index (χ3v) is 5.61. The highest BCUT2D eigenvalue weighted by Gasteiger charge is 2.44. The number of likely N-dealkylation sites (tertiary alicyclic amines) is 2. The molecule has 0 unspecified atom stereocenters. The highest BCUT2D eigenvalue weighted by atomic mass is 32.1. The fourth-order valence-electron chi connectivity index (χ4n) is 3.83. The molecule has 1 atom stereocenters. The number of aromatic nitrogens is 2. The van der Waals surface area contributed by atoms with Gasteiger partial charge >= 0.3 is 0 Å². The summed E-state index contributed by atoms with van der Waals surface area (Å²) in [7, 11) is 0. The molecule has 0 radical (unpaired) electrons. The van der Waals surface area contributed by atoms with Gasteiger partial charge in [0.15, 0.2) is 0 Å². The van der Waals surface area contributed by atoms with Crippen molar-refractivity contribution in [2.75, 3.05) is 26.2 Å². The van der Waals surface area contributed by atoms with Crippen molar-refractivity contribution in [3.05, 3.63) is 46.7 Å². The van der Waals surface area contributed by atoms with Gasteiger partial charge in [0.2, 0.25) is 0 Å². The molecule has 2 aliphatic heterocycles. The lowest BCUT2D eigenvalue weighted by atomic mass is 9.86. The summed E-state index contributed by atoms with van der Waals surface area (Å²) in [5.74, 6) is 0.0915. The first kappa shape index (κ1) is 14.8. The summed E-state index contributed by atoms with van der Waals surface area (Å²) in [6, 6.07) is 4.12. The van der Waals surface area contributed by atoms with Crippen LogP contribution in [0.25, 0.3) is 0 Å². The molecule has 2 aromatic rings. The van der Waals surface area contributed by atoms with Crippen molar-refractivity contribution in [1.82, 2.24) is 19.8 Å². The summed E-state index contributed by atoms with van der Waals surface area (Å²) in [5, 5.41) is 1.84. The molecule has 1 spiro atoms. The van der Waals surface area contributed by atoms with Crippen molar-refractivity contribution >= 4 is 17.2 Å². The number of thiazole rings is 1. The molecule has 5 nitrogen and oxygen atoms in total. The van der Waals surface area contributed by atoms with Gasteiger partial charge in [0.05, 0.1) is 5.51 Å². The molecular weight excluding hydrogens is 308 g/mol. The molecule has 2 fully saturated rings. The fourth-order valence-corrected chi connectivity index (χ4v) is 4.36. The number of rotatable bonds is 3. The maximum atomic E-state index is 12.5. The Balaban J connectivity index is 1.38. The molecular formula is C17H20N4OS. The van der Waals surface area contributed by atoms with Crippen molar-refractivity contribution in [2.24, 2.45) is 5.41 Å². The second-order valence-corrected chi connectivity index (χ2v) is 7.39. The van der Waals surface area contributed by atoms with Crippen molar-refractivity contribution in [1.29, 1.82) is 0 Å². The molecule has 0 N–H and O–H groups in total. The quantitative estimate of drug-likeness (QED) is 0.867. The second-order valence-electron chi connectivity index (χ2n) is 6.67. The average molecular weight is 328 g/mol. The van der Waals surface area contributed by atoms with Crippen LogP contribution in [0.4, 0.5) is 0 Å². The Bertz CT molecular complexity index is 675. The highest BCUT2D eigenvalue weighted by Crippen LogP contribution is 2.40. The third kappa shape index (κ3) is 3.01. The highest BCUT2D eigenvalue weighted by molar-refractivity contribution is 7.07. The molecule has 6 heteroatoms. The fraction of sp³-hybridized carbons (Fsp3) is 0.471. The van der Waals surface area contributed by atoms with E-state index in [4.69, 9.17) is 0 Å². The van der Waals surface area contributed by atoms with Crippen molar-refractivity contribution < 1.29 is 4.79 Å². The summed E-state index contributed by atoms with van der Waals surface area (Å²) in [6.07, 6.45) is 6.03. The van der Waals surface area contributed by atoms with E-state index in [1.807, 2.05) is 28.7 Å². The Morgan fingerprint density at radius 1 is 1.30 bits per heavy atom. The zero-order valence-electron chi connectivity index (χ0n) is 13.0. The predicted molar refractivity (Wildman–Crippen MR) is 89.2 cm³/mol. The van der Waals surface area contributed by atoms with Gasteiger partial charge in [-0.1, -0.05) is 6.07 Å². The van der Waals surface area contributed by atoms with Gasteiger partial charge in [0.1, 0.15) is 5.69 Å². The van der Waals surface area contributed by atoms with Gasteiger partial charge in [0, 0.05) is 49.4 Å². The van der Waals surface area contributed by atoms with E-state index in [2.05, 4.69) is 20.9 Å². The van der Waals surface area contributed by atoms with Crippen LogP contribution in [0, 0.1) is 5.41 Å². The first-order chi connectivity index (χ1) is 11.2. The van der Waals surface area contributed by atoms with E-state index >= 15 is 0 Å². The maximum absolute atomic E-state index is 12.5. The molecule has 4 rings (SSSR count). The lowest BCUT2D eigenvalue weighted by Gasteiger charge is -2.24. The van der Waals surface area contributed by atoms with E-state index in [9.17, 15) is 4.79 Å². The Hall–Kier alpha value is -1.79. The second kappa shape index (κ2) is 6.02. The van der Waals surface area contributed by atoms with Gasteiger partial charge in [-0.15, -0.1) is 11.3 Å². The molecule has 0 aliphatic carbocycles. The molecule has 2 saturated heterocycles. The first-order valence-corrected chi connectivity index (χ1v) is 8.97. The van der Waals surface area contributed by atoms with Crippen LogP contribution in [0.1, 0.15) is 28.9 Å². The van der Waals surface area contributed by atoms with E-state index < -0.39 is 0 Å². The SMILES string of the molecule is O=C(c1cscn1)N1CC[C@]2(CCN(Cc3cccnc3)C2)C1. The van der Waals surface area contributed by atoms with Gasteiger partial charge in [-0.05, 0) is 31.0 Å². The van der Waals surface area contributed by atoms with Gasteiger partial charge < -0.3 is 4.90 Å². The number of carbonyl (C=O) groups excluding carboxylic acids is 1. The molecule has 0 aromatic carbocycles. The molecule has 0 saturated carbocycles. The summed E-state index contributed by atoms with van der Waals surface area (Å²) in [4.78, 5) is 25.3. The van der Waals surface area contributed by atoms with Gasteiger partial charge in [-0.25, -0.2) is 4.98 Å². The smallest absolute Gasteiger partial charge is 0.273 e. The summed E-state index contributed by atoms with van der Waals surface area (Å²) < 4.78 is 0.